The van der Waals surface area contributed by atoms with Crippen LogP contribution in [0.5, 0.6) is 0 Å². The first-order valence-electron chi connectivity index (χ1n) is 9.02. The van der Waals surface area contributed by atoms with Crippen LogP contribution in [-0.2, 0) is 16.4 Å². The van der Waals surface area contributed by atoms with Gasteiger partial charge in [-0.05, 0) is 49.5 Å². The van der Waals surface area contributed by atoms with Gasteiger partial charge in [-0.15, -0.1) is 0 Å². The second-order valence-corrected chi connectivity index (χ2v) is 9.34. The number of rotatable bonds is 6. The van der Waals surface area contributed by atoms with Crippen molar-refractivity contribution in [3.05, 3.63) is 35.4 Å². The molecule has 2 aliphatic heterocycles. The largest absolute Gasteiger partial charge is 0.352 e. The van der Waals surface area contributed by atoms with Crippen molar-refractivity contribution in [2.75, 3.05) is 44.2 Å². The van der Waals surface area contributed by atoms with Gasteiger partial charge in [0.05, 0.1) is 11.5 Å². The van der Waals surface area contributed by atoms with Crippen LogP contribution in [0.2, 0.25) is 0 Å². The summed E-state index contributed by atoms with van der Waals surface area (Å²) in [5, 5.41) is 6.35. The topological polar surface area (TPSA) is 78.5 Å². The standard InChI is InChI=1S/C18H27N3O3S/c22-18(20-7-5-15-4-6-19-13-15)17-3-1-2-16(12-17)14-21-8-10-25(23,24)11-9-21/h1-3,12,15,19H,4-11,13-14H2,(H,20,22). The lowest BCUT2D eigenvalue weighted by atomic mass is 10.1. The molecule has 0 spiro atoms. The van der Waals surface area contributed by atoms with Crippen molar-refractivity contribution in [1.82, 2.24) is 15.5 Å². The van der Waals surface area contributed by atoms with Gasteiger partial charge in [-0.3, -0.25) is 9.69 Å². The summed E-state index contributed by atoms with van der Waals surface area (Å²) >= 11 is 0. The number of benzene rings is 1. The molecule has 1 aromatic carbocycles. The van der Waals surface area contributed by atoms with Crippen LogP contribution in [0.25, 0.3) is 0 Å². The third kappa shape index (κ3) is 5.52. The molecule has 0 bridgehead atoms. The molecule has 1 unspecified atom stereocenters. The molecule has 1 atom stereocenters. The van der Waals surface area contributed by atoms with Crippen molar-refractivity contribution >= 4 is 15.7 Å². The number of amides is 1. The van der Waals surface area contributed by atoms with E-state index in [4.69, 9.17) is 0 Å². The molecule has 1 aromatic rings. The van der Waals surface area contributed by atoms with E-state index in [2.05, 4.69) is 15.5 Å². The molecule has 7 heteroatoms. The van der Waals surface area contributed by atoms with Gasteiger partial charge in [0.25, 0.3) is 5.91 Å². The third-order valence-electron chi connectivity index (χ3n) is 5.03. The van der Waals surface area contributed by atoms with Crippen molar-refractivity contribution < 1.29 is 13.2 Å². The number of nitrogens with zero attached hydrogens (tertiary/aromatic N) is 1. The Morgan fingerprint density at radius 2 is 2.08 bits per heavy atom. The average molecular weight is 365 g/mol. The van der Waals surface area contributed by atoms with Crippen LogP contribution in [0, 0.1) is 5.92 Å². The highest BCUT2D eigenvalue weighted by atomic mass is 32.2. The second-order valence-electron chi connectivity index (χ2n) is 7.03. The maximum absolute atomic E-state index is 12.3. The van der Waals surface area contributed by atoms with Gasteiger partial charge in [-0.1, -0.05) is 12.1 Å². The second kappa shape index (κ2) is 8.29. The third-order valence-corrected chi connectivity index (χ3v) is 6.64. The summed E-state index contributed by atoms with van der Waals surface area (Å²) in [6.07, 6.45) is 2.21. The van der Waals surface area contributed by atoms with Gasteiger partial charge < -0.3 is 10.6 Å². The molecule has 6 nitrogen and oxygen atoms in total. The van der Waals surface area contributed by atoms with Gasteiger partial charge in [0.2, 0.25) is 0 Å². The minimum Gasteiger partial charge on any atom is -0.352 e. The maximum Gasteiger partial charge on any atom is 0.251 e. The van der Waals surface area contributed by atoms with Crippen LogP contribution in [0.15, 0.2) is 24.3 Å². The maximum atomic E-state index is 12.3. The molecular formula is C18H27N3O3S. The number of nitrogens with one attached hydrogen (secondary N) is 2. The minimum atomic E-state index is -2.86. The summed E-state index contributed by atoms with van der Waals surface area (Å²) in [4.78, 5) is 14.5. The number of carbonyl (C=O) groups excluding carboxylic acids is 1. The minimum absolute atomic E-state index is 0.0333. The molecule has 2 aliphatic rings. The fourth-order valence-electron chi connectivity index (χ4n) is 3.43. The van der Waals surface area contributed by atoms with E-state index in [9.17, 15) is 13.2 Å². The Morgan fingerprint density at radius 1 is 1.28 bits per heavy atom. The first kappa shape index (κ1) is 18.4. The van der Waals surface area contributed by atoms with Crippen molar-refractivity contribution in [3.63, 3.8) is 0 Å². The molecule has 0 aromatic heterocycles. The van der Waals surface area contributed by atoms with Gasteiger partial charge >= 0.3 is 0 Å². The van der Waals surface area contributed by atoms with Crippen LogP contribution in [0.3, 0.4) is 0 Å². The van der Waals surface area contributed by atoms with Crippen molar-refractivity contribution in [3.8, 4) is 0 Å². The summed E-state index contributed by atoms with van der Waals surface area (Å²) < 4.78 is 23.0. The number of carbonyl (C=O) groups is 1. The zero-order chi connectivity index (χ0) is 17.7. The fraction of sp³-hybridized carbons (Fsp3) is 0.611. The van der Waals surface area contributed by atoms with Crippen LogP contribution in [0.1, 0.15) is 28.8 Å². The molecule has 2 saturated heterocycles. The lowest BCUT2D eigenvalue weighted by Gasteiger charge is -2.26. The summed E-state index contributed by atoms with van der Waals surface area (Å²) in [7, 11) is -2.86. The molecule has 25 heavy (non-hydrogen) atoms. The number of sulfone groups is 1. The molecule has 0 saturated carbocycles. The highest BCUT2D eigenvalue weighted by Gasteiger charge is 2.21. The molecule has 0 aliphatic carbocycles. The molecule has 2 N–H and O–H groups in total. The van der Waals surface area contributed by atoms with Gasteiger partial charge in [-0.2, -0.15) is 0 Å². The molecule has 138 valence electrons. The van der Waals surface area contributed by atoms with E-state index in [0.717, 1.165) is 25.1 Å². The van der Waals surface area contributed by atoms with Crippen LogP contribution >= 0.6 is 0 Å². The molecule has 2 fully saturated rings. The predicted octanol–water partition coefficient (Wildman–Crippen LogP) is 0.646. The quantitative estimate of drug-likeness (QED) is 0.774. The zero-order valence-corrected chi connectivity index (χ0v) is 15.4. The number of hydrogen-bond acceptors (Lipinski definition) is 5. The molecular weight excluding hydrogens is 338 g/mol. The Morgan fingerprint density at radius 3 is 2.80 bits per heavy atom. The predicted molar refractivity (Wildman–Crippen MR) is 98.3 cm³/mol. The van der Waals surface area contributed by atoms with Gasteiger partial charge in [-0.25, -0.2) is 8.42 Å². The Labute approximate surface area is 149 Å². The lowest BCUT2D eigenvalue weighted by Crippen LogP contribution is -2.39. The molecule has 2 heterocycles. The van der Waals surface area contributed by atoms with E-state index >= 15 is 0 Å². The fourth-order valence-corrected chi connectivity index (χ4v) is 4.71. The Balaban J connectivity index is 1.49. The summed E-state index contributed by atoms with van der Waals surface area (Å²) in [6, 6.07) is 7.63. The summed E-state index contributed by atoms with van der Waals surface area (Å²) in [6.45, 7) is 4.65. The normalized spacial score (nSPS) is 23.4. The van der Waals surface area contributed by atoms with E-state index in [0.29, 0.717) is 37.7 Å². The van der Waals surface area contributed by atoms with Crippen molar-refractivity contribution in [2.45, 2.75) is 19.4 Å². The zero-order valence-electron chi connectivity index (χ0n) is 14.5. The van der Waals surface area contributed by atoms with Crippen LogP contribution in [0.4, 0.5) is 0 Å². The van der Waals surface area contributed by atoms with E-state index in [1.807, 2.05) is 24.3 Å². The van der Waals surface area contributed by atoms with E-state index < -0.39 is 9.84 Å². The smallest absolute Gasteiger partial charge is 0.251 e. The monoisotopic (exact) mass is 365 g/mol. The van der Waals surface area contributed by atoms with Crippen molar-refractivity contribution in [1.29, 1.82) is 0 Å². The van der Waals surface area contributed by atoms with Gasteiger partial charge in [0.1, 0.15) is 0 Å². The Kier molecular flexibility index (Phi) is 6.09. The first-order chi connectivity index (χ1) is 12.0. The molecule has 0 radical (unpaired) electrons. The van der Waals surface area contributed by atoms with Crippen molar-refractivity contribution in [2.24, 2.45) is 5.92 Å². The number of hydrogen-bond donors (Lipinski definition) is 2. The molecule has 1 amide bonds. The Bertz CT molecular complexity index is 685. The molecule has 3 rings (SSSR count). The SMILES string of the molecule is O=C(NCCC1CCNC1)c1cccc(CN2CCS(=O)(=O)CC2)c1. The van der Waals surface area contributed by atoms with E-state index in [1.54, 1.807) is 0 Å². The summed E-state index contributed by atoms with van der Waals surface area (Å²) in [5.41, 5.74) is 1.72. The van der Waals surface area contributed by atoms with E-state index in [-0.39, 0.29) is 17.4 Å². The average Bonchev–Trinajstić information content (AvgIpc) is 3.10. The highest BCUT2D eigenvalue weighted by molar-refractivity contribution is 7.91. The Hall–Kier alpha value is -1.44. The summed E-state index contributed by atoms with van der Waals surface area (Å²) in [5.74, 6) is 1.09. The highest BCUT2D eigenvalue weighted by Crippen LogP contribution is 2.13. The van der Waals surface area contributed by atoms with E-state index in [1.165, 1.54) is 6.42 Å². The lowest BCUT2D eigenvalue weighted by molar-refractivity contribution is 0.0951. The first-order valence-corrected chi connectivity index (χ1v) is 10.8. The van der Waals surface area contributed by atoms with Crippen LogP contribution < -0.4 is 10.6 Å². The van der Waals surface area contributed by atoms with Gasteiger partial charge in [0.15, 0.2) is 9.84 Å². The van der Waals surface area contributed by atoms with Crippen LogP contribution in [-0.4, -0.2) is 63.5 Å². The van der Waals surface area contributed by atoms with Gasteiger partial charge in [0, 0.05) is 31.7 Å².